The smallest absolute Gasteiger partial charge is 0.0886 e. The summed E-state index contributed by atoms with van der Waals surface area (Å²) >= 11 is 7.40. The van der Waals surface area contributed by atoms with Crippen molar-refractivity contribution in [1.82, 2.24) is 9.97 Å². The van der Waals surface area contributed by atoms with Gasteiger partial charge in [-0.15, -0.1) is 24.3 Å². The Bertz CT molecular complexity index is 934. The Kier molecular flexibility index (Phi) is 22.9. The van der Waals surface area contributed by atoms with Gasteiger partial charge in [0.05, 0.1) is 11.4 Å². The van der Waals surface area contributed by atoms with Gasteiger partial charge in [-0.05, 0) is 24.3 Å². The Morgan fingerprint density at radius 1 is 0.545 bits per heavy atom. The standard InChI is InChI=1S/C10H8N2.2C7H7.2CNS.Sn/c1-3-7-11-9(5-1)10-6-2-4-8-12-10;2*1-7-5-3-2-4-6-7;2*2-1-3;/h1-8H;2*2-6H,1H2;;;/q;4*-1;. The summed E-state index contributed by atoms with van der Waals surface area (Å²) in [6.07, 6.45) is 3.54. The second-order valence-electron chi connectivity index (χ2n) is 5.58. The van der Waals surface area contributed by atoms with Crippen LogP contribution in [-0.2, 0) is 0 Å². The number of nitrogens with zero attached hydrogens (tertiary/aromatic N) is 4. The SMILES string of the molecule is [CH2-]c1ccccc1.[CH2-]c1ccccc1.[N-]=C=S.[N-]=C=S.[Sn].c1ccc(-c2ccccn2)nc1. The van der Waals surface area contributed by atoms with Crippen LogP contribution < -0.4 is 0 Å². The maximum atomic E-state index is 7.13. The first-order valence-electron chi connectivity index (χ1n) is 9.17. The maximum absolute atomic E-state index is 7.13. The largest absolute Gasteiger partial charge is 0.753 e. The quantitative estimate of drug-likeness (QED) is 0.109. The summed E-state index contributed by atoms with van der Waals surface area (Å²) in [6, 6.07) is 31.3. The molecule has 7 heteroatoms. The number of isothiocyanates is 2. The average molecular weight is 573 g/mol. The van der Waals surface area contributed by atoms with Gasteiger partial charge in [0.1, 0.15) is 0 Å². The van der Waals surface area contributed by atoms with Crippen LogP contribution in [0.2, 0.25) is 0 Å². The van der Waals surface area contributed by atoms with Crippen LogP contribution >= 0.6 is 24.4 Å². The molecule has 0 aliphatic rings. The van der Waals surface area contributed by atoms with Crippen LogP contribution in [-0.4, -0.2) is 44.2 Å². The third kappa shape index (κ3) is 19.3. The first-order chi connectivity index (χ1) is 15.6. The summed E-state index contributed by atoms with van der Waals surface area (Å²) < 4.78 is 0. The number of aromatic nitrogens is 2. The molecule has 0 N–H and O–H groups in total. The summed E-state index contributed by atoms with van der Waals surface area (Å²) in [7, 11) is 0. The first kappa shape index (κ1) is 32.1. The topological polar surface area (TPSA) is 70.4 Å². The Morgan fingerprint density at radius 3 is 1.00 bits per heavy atom. The Morgan fingerprint density at radius 2 is 0.818 bits per heavy atom. The Hall–Kier alpha value is -3.12. The number of hydrogen-bond donors (Lipinski definition) is 0. The van der Waals surface area contributed by atoms with Crippen molar-refractivity contribution in [2.24, 2.45) is 0 Å². The molecule has 0 unspecified atom stereocenters. The van der Waals surface area contributed by atoms with Crippen molar-refractivity contribution < 1.29 is 0 Å². The van der Waals surface area contributed by atoms with E-state index in [0.717, 1.165) is 22.5 Å². The van der Waals surface area contributed by atoms with Crippen LogP contribution in [0.1, 0.15) is 11.1 Å². The van der Waals surface area contributed by atoms with E-state index in [-0.39, 0.29) is 23.9 Å². The van der Waals surface area contributed by atoms with Crippen LogP contribution in [0.4, 0.5) is 0 Å². The molecule has 0 spiro atoms. The summed E-state index contributed by atoms with van der Waals surface area (Å²) in [4.78, 5) is 8.37. The molecule has 33 heavy (non-hydrogen) atoms. The first-order valence-corrected chi connectivity index (χ1v) is 9.99. The predicted octanol–water partition coefficient (Wildman–Crippen LogP) is 6.82. The molecule has 2 heterocycles. The summed E-state index contributed by atoms with van der Waals surface area (Å²) in [5.74, 6) is 0. The Labute approximate surface area is 224 Å². The van der Waals surface area contributed by atoms with E-state index in [4.69, 9.17) is 10.8 Å². The molecule has 2 aromatic heterocycles. The number of rotatable bonds is 1. The molecule has 4 aromatic rings. The van der Waals surface area contributed by atoms with Gasteiger partial charge in [-0.3, -0.25) is 9.97 Å². The molecule has 0 fully saturated rings. The van der Waals surface area contributed by atoms with Gasteiger partial charge in [0, 0.05) is 36.3 Å². The van der Waals surface area contributed by atoms with Gasteiger partial charge in [0.25, 0.3) is 0 Å². The van der Waals surface area contributed by atoms with Crippen molar-refractivity contribution in [1.29, 1.82) is 0 Å². The van der Waals surface area contributed by atoms with E-state index >= 15 is 0 Å². The normalized spacial score (nSPS) is 7.64. The number of benzene rings is 2. The Balaban J connectivity index is 0. The monoisotopic (exact) mass is 574 g/mol. The summed E-state index contributed by atoms with van der Waals surface area (Å²) in [5, 5.41) is 16.9. The fourth-order valence-electron chi connectivity index (χ4n) is 1.98. The van der Waals surface area contributed by atoms with Gasteiger partial charge in [-0.1, -0.05) is 48.7 Å². The van der Waals surface area contributed by atoms with Crippen LogP contribution in [0.15, 0.2) is 109 Å². The minimum absolute atomic E-state index is 0. The van der Waals surface area contributed by atoms with Crippen molar-refractivity contribution >= 4 is 58.7 Å². The number of hydrogen-bond acceptors (Lipinski definition) is 4. The fraction of sp³-hybridized carbons (Fsp3) is 0. The zero-order chi connectivity index (χ0) is 23.9. The molecule has 0 saturated carbocycles. The van der Waals surface area contributed by atoms with Crippen LogP contribution in [0, 0.1) is 13.8 Å². The van der Waals surface area contributed by atoms with E-state index in [9.17, 15) is 0 Å². The molecule has 4 rings (SSSR count). The molecule has 166 valence electrons. The molecule has 2 aromatic carbocycles. The van der Waals surface area contributed by atoms with E-state index in [1.165, 1.54) is 10.3 Å². The van der Waals surface area contributed by atoms with Gasteiger partial charge in [0.15, 0.2) is 0 Å². The van der Waals surface area contributed by atoms with E-state index < -0.39 is 0 Å². The predicted molar refractivity (Wildman–Crippen MR) is 147 cm³/mol. The van der Waals surface area contributed by atoms with Crippen LogP contribution in [0.25, 0.3) is 22.2 Å². The van der Waals surface area contributed by atoms with Gasteiger partial charge >= 0.3 is 0 Å². The fourth-order valence-corrected chi connectivity index (χ4v) is 1.98. The third-order valence-corrected chi connectivity index (χ3v) is 3.28. The van der Waals surface area contributed by atoms with Crippen LogP contribution in [0.5, 0.6) is 0 Å². The summed E-state index contributed by atoms with van der Waals surface area (Å²) in [5.41, 5.74) is 3.97. The minimum Gasteiger partial charge on any atom is -0.753 e. The van der Waals surface area contributed by atoms with Gasteiger partial charge in [0.2, 0.25) is 0 Å². The van der Waals surface area contributed by atoms with Crippen LogP contribution in [0.3, 0.4) is 0 Å². The van der Waals surface area contributed by atoms with Crippen molar-refractivity contribution in [2.75, 3.05) is 0 Å². The van der Waals surface area contributed by atoms with Crippen molar-refractivity contribution in [3.8, 4) is 11.4 Å². The summed E-state index contributed by atoms with van der Waals surface area (Å²) in [6.45, 7) is 7.44. The molecule has 4 radical (unpaired) electrons. The van der Waals surface area contributed by atoms with Crippen molar-refractivity contribution in [2.45, 2.75) is 0 Å². The average Bonchev–Trinajstić information content (AvgIpc) is 2.83. The third-order valence-electron chi connectivity index (χ3n) is 3.28. The molecule has 4 nitrogen and oxygen atoms in total. The minimum atomic E-state index is 0. The van der Waals surface area contributed by atoms with Gasteiger partial charge in [-0.2, -0.15) is 59.6 Å². The second kappa shape index (κ2) is 23.5. The molecule has 0 aliphatic heterocycles. The van der Waals surface area contributed by atoms with E-state index in [2.05, 4.69) is 48.3 Å². The number of thiocarbonyl (C=S) groups is 2. The zero-order valence-electron chi connectivity index (χ0n) is 17.9. The molecular formula is C26H22N4S2Sn-4. The maximum Gasteiger partial charge on any atom is 0.0886 e. The molecule has 0 bridgehead atoms. The molecular weight excluding hydrogens is 551 g/mol. The van der Waals surface area contributed by atoms with E-state index in [0.29, 0.717) is 0 Å². The second-order valence-corrected chi connectivity index (χ2v) is 5.95. The van der Waals surface area contributed by atoms with Crippen molar-refractivity contribution in [3.63, 3.8) is 0 Å². The van der Waals surface area contributed by atoms with E-state index in [1.807, 2.05) is 97.1 Å². The number of pyridine rings is 2. The molecule has 0 atom stereocenters. The molecule has 0 amide bonds. The molecule has 0 aliphatic carbocycles. The van der Waals surface area contributed by atoms with E-state index in [1.54, 1.807) is 12.4 Å². The van der Waals surface area contributed by atoms with Crippen molar-refractivity contribution in [3.05, 3.63) is 145 Å². The molecule has 0 saturated heterocycles. The van der Waals surface area contributed by atoms with Gasteiger partial charge in [-0.25, -0.2) is 0 Å². The zero-order valence-corrected chi connectivity index (χ0v) is 22.4. The van der Waals surface area contributed by atoms with Gasteiger partial charge < -0.3 is 10.8 Å².